The number of piperidine rings is 1. The quantitative estimate of drug-likeness (QED) is 0.342. The molecule has 5 heterocycles. The van der Waals surface area contributed by atoms with Gasteiger partial charge in [-0.3, -0.25) is 14.3 Å². The Morgan fingerprint density at radius 3 is 2.49 bits per heavy atom. The lowest BCUT2D eigenvalue weighted by Crippen LogP contribution is -2.51. The van der Waals surface area contributed by atoms with Gasteiger partial charge in [-0.1, -0.05) is 6.92 Å². The van der Waals surface area contributed by atoms with E-state index >= 15 is 0 Å². The maximum atomic E-state index is 13.5. The second kappa shape index (κ2) is 8.98. The van der Waals surface area contributed by atoms with Crippen LogP contribution in [0, 0.1) is 23.6 Å². The number of pyridine rings is 1. The van der Waals surface area contributed by atoms with Crippen LogP contribution in [0.25, 0.3) is 22.6 Å². The van der Waals surface area contributed by atoms with Gasteiger partial charge in [-0.05, 0) is 36.4 Å². The van der Waals surface area contributed by atoms with Crippen LogP contribution in [-0.4, -0.2) is 62.2 Å². The lowest BCUT2D eigenvalue weighted by atomic mass is 10.00. The van der Waals surface area contributed by atoms with E-state index in [2.05, 4.69) is 15.1 Å². The van der Waals surface area contributed by atoms with Crippen LogP contribution in [-0.2, 0) is 11.8 Å². The molecule has 1 aliphatic carbocycles. The molecule has 9 nitrogen and oxygen atoms in total. The van der Waals surface area contributed by atoms with Gasteiger partial charge in [0.05, 0.1) is 22.8 Å². The molecule has 1 saturated carbocycles. The number of hydrogen-bond acceptors (Lipinski definition) is 7. The summed E-state index contributed by atoms with van der Waals surface area (Å²) < 4.78 is 21.4. The molecule has 0 N–H and O–H groups in total. The van der Waals surface area contributed by atoms with Gasteiger partial charge in [-0.25, -0.2) is 14.4 Å². The Kier molecular flexibility index (Phi) is 5.51. The number of hydrogen-bond donors (Lipinski definition) is 0. The third-order valence-corrected chi connectivity index (χ3v) is 8.42. The Morgan fingerprint density at radius 1 is 1.05 bits per heavy atom. The maximum absolute atomic E-state index is 13.5. The van der Waals surface area contributed by atoms with Crippen molar-refractivity contribution in [3.05, 3.63) is 64.9 Å². The van der Waals surface area contributed by atoms with Gasteiger partial charge >= 0.3 is 0 Å². The van der Waals surface area contributed by atoms with Gasteiger partial charge in [-0.15, -0.1) is 11.3 Å². The smallest absolute Gasteiger partial charge is 0.272 e. The molecule has 2 amide bonds. The lowest BCUT2D eigenvalue weighted by molar-refractivity contribution is -0.126. The molecule has 3 aliphatic rings. The van der Waals surface area contributed by atoms with Crippen LogP contribution in [0.15, 0.2) is 53.4 Å². The van der Waals surface area contributed by atoms with Crippen molar-refractivity contribution in [2.45, 2.75) is 13.0 Å². The van der Waals surface area contributed by atoms with Crippen molar-refractivity contribution < 1.29 is 18.7 Å². The van der Waals surface area contributed by atoms with E-state index < -0.39 is 0 Å². The fraction of sp³-hybridized carbons (Fsp3) is 0.321. The number of β-lactam (4-membered cyclic amide) rings is 1. The number of likely N-dealkylation sites (tertiary alicyclic amines) is 1. The number of amides is 2. The zero-order valence-corrected chi connectivity index (χ0v) is 22.1. The normalized spacial score (nSPS) is 23.5. The first-order valence-electron chi connectivity index (χ1n) is 12.8. The summed E-state index contributed by atoms with van der Waals surface area (Å²) in [6.07, 6.45) is -0.0546. The van der Waals surface area contributed by atoms with E-state index in [1.165, 1.54) is 23.5 Å². The summed E-state index contributed by atoms with van der Waals surface area (Å²) in [5, 5.41) is 6.37. The minimum absolute atomic E-state index is 0.0138. The van der Waals surface area contributed by atoms with Gasteiger partial charge in [0, 0.05) is 55.5 Å². The number of fused-ring (bicyclic) bond motifs is 1. The molecule has 2 unspecified atom stereocenters. The molecular weight excluding hydrogens is 519 g/mol. The molecule has 39 heavy (non-hydrogen) atoms. The summed E-state index contributed by atoms with van der Waals surface area (Å²) in [6, 6.07) is 11.5. The Balaban J connectivity index is 1.07. The van der Waals surface area contributed by atoms with Crippen LogP contribution >= 0.6 is 11.3 Å². The average Bonchev–Trinajstić information content (AvgIpc) is 3.45. The summed E-state index contributed by atoms with van der Waals surface area (Å²) in [5.41, 5.74) is 5.80. The minimum atomic E-state index is -0.325. The van der Waals surface area contributed by atoms with Crippen LogP contribution in [0.5, 0.6) is 5.88 Å². The van der Waals surface area contributed by atoms with E-state index in [0.29, 0.717) is 42.6 Å². The van der Waals surface area contributed by atoms with E-state index in [4.69, 9.17) is 4.74 Å². The van der Waals surface area contributed by atoms with Crippen LogP contribution in [0.1, 0.15) is 17.4 Å². The first-order chi connectivity index (χ1) is 18.9. The highest BCUT2D eigenvalue weighted by molar-refractivity contribution is 7.07. The molecule has 11 heteroatoms. The van der Waals surface area contributed by atoms with Crippen LogP contribution in [0.2, 0.25) is 0 Å². The third kappa shape index (κ3) is 4.17. The predicted octanol–water partition coefficient (Wildman–Crippen LogP) is 3.88. The van der Waals surface area contributed by atoms with Gasteiger partial charge in [0.1, 0.15) is 29.0 Å². The number of benzene rings is 1. The van der Waals surface area contributed by atoms with Crippen molar-refractivity contribution in [3.8, 4) is 28.5 Å². The monoisotopic (exact) mass is 544 g/mol. The zero-order valence-electron chi connectivity index (χ0n) is 21.3. The molecule has 0 bridgehead atoms. The second-order valence-corrected chi connectivity index (χ2v) is 11.2. The van der Waals surface area contributed by atoms with E-state index in [0.717, 1.165) is 16.9 Å². The fourth-order valence-corrected chi connectivity index (χ4v) is 6.10. The number of rotatable bonds is 6. The molecule has 2 aliphatic heterocycles. The number of anilines is 1. The number of carbonyl (C=O) groups is 2. The molecule has 3 fully saturated rings. The van der Waals surface area contributed by atoms with Crippen LogP contribution in [0.3, 0.4) is 0 Å². The Bertz CT molecular complexity index is 1580. The Hall–Kier alpha value is -4.12. The Labute approximate surface area is 227 Å². The molecule has 4 aromatic rings. The largest absolute Gasteiger partial charge is 0.474 e. The first kappa shape index (κ1) is 24.0. The van der Waals surface area contributed by atoms with E-state index in [1.807, 2.05) is 23.3 Å². The molecule has 3 aromatic heterocycles. The minimum Gasteiger partial charge on any atom is -0.474 e. The van der Waals surface area contributed by atoms with Crippen molar-refractivity contribution in [2.24, 2.45) is 24.8 Å². The summed E-state index contributed by atoms with van der Waals surface area (Å²) >= 11 is 1.49. The van der Waals surface area contributed by atoms with Gasteiger partial charge in [0.25, 0.3) is 5.91 Å². The highest BCUT2D eigenvalue weighted by Crippen LogP contribution is 2.48. The number of nitrogens with zero attached hydrogens (tertiary/aromatic N) is 6. The number of aromatic nitrogens is 4. The third-order valence-electron chi connectivity index (χ3n) is 7.84. The molecule has 2 saturated heterocycles. The van der Waals surface area contributed by atoms with Gasteiger partial charge in [0.2, 0.25) is 11.8 Å². The van der Waals surface area contributed by atoms with Crippen molar-refractivity contribution in [1.82, 2.24) is 24.6 Å². The van der Waals surface area contributed by atoms with Gasteiger partial charge in [0.15, 0.2) is 0 Å². The number of carbonyl (C=O) groups excluding carboxylic acids is 2. The van der Waals surface area contributed by atoms with E-state index in [1.54, 1.807) is 46.4 Å². The average molecular weight is 545 g/mol. The van der Waals surface area contributed by atoms with Crippen molar-refractivity contribution in [1.29, 1.82) is 0 Å². The fourth-order valence-electron chi connectivity index (χ4n) is 5.55. The summed E-state index contributed by atoms with van der Waals surface area (Å²) in [6.45, 7) is 3.73. The zero-order chi connectivity index (χ0) is 26.8. The molecule has 7 rings (SSSR count). The number of ether oxygens (including phenoxy) is 1. The van der Waals surface area contributed by atoms with Crippen LogP contribution < -0.4 is 9.64 Å². The number of aryl methyl sites for hydroxylation is 1. The molecular formula is C28H25FN6O3S. The molecule has 1 aromatic carbocycles. The molecule has 4 atom stereocenters. The first-order valence-corrected chi connectivity index (χ1v) is 13.8. The molecule has 0 spiro atoms. The SMILES string of the molecule is CC1CN(c2cc(OC3[C@H]4CN(C(=O)c5cc(-c6cscn6)nn5C)C[C@@H]34)nc(-c3ccc(F)cc3)c2)C1=O. The van der Waals surface area contributed by atoms with Crippen molar-refractivity contribution >= 4 is 28.8 Å². The topological polar surface area (TPSA) is 93.4 Å². The van der Waals surface area contributed by atoms with Crippen LogP contribution in [0.4, 0.5) is 10.1 Å². The maximum Gasteiger partial charge on any atom is 0.272 e. The molecule has 198 valence electrons. The predicted molar refractivity (Wildman–Crippen MR) is 143 cm³/mol. The lowest BCUT2D eigenvalue weighted by Gasteiger charge is -2.36. The summed E-state index contributed by atoms with van der Waals surface area (Å²) in [7, 11) is 1.77. The van der Waals surface area contributed by atoms with Crippen molar-refractivity contribution in [2.75, 3.05) is 24.5 Å². The van der Waals surface area contributed by atoms with Crippen molar-refractivity contribution in [3.63, 3.8) is 0 Å². The standard InChI is InChI=1S/C28H25FN6O3S/c1-15-10-35(27(15)36)18-7-21(16-3-5-17(29)6-4-16)31-25(8-18)38-26-19-11-34(12-20(19)26)28(37)24-9-22(32-33(24)2)23-13-39-14-30-23/h3-9,13-15,19-20,26H,10-12H2,1-2H3/t15?,19-,20+,26?. The summed E-state index contributed by atoms with van der Waals surface area (Å²) in [5.74, 6) is 0.519. The summed E-state index contributed by atoms with van der Waals surface area (Å²) in [4.78, 5) is 38.2. The highest BCUT2D eigenvalue weighted by Gasteiger charge is 2.59. The molecule has 0 radical (unpaired) electrons. The Morgan fingerprint density at radius 2 is 1.82 bits per heavy atom. The number of thiazole rings is 1. The number of halogens is 1. The van der Waals surface area contributed by atoms with Gasteiger partial charge < -0.3 is 14.5 Å². The highest BCUT2D eigenvalue weighted by atomic mass is 32.1. The second-order valence-electron chi connectivity index (χ2n) is 10.4. The van der Waals surface area contributed by atoms with Gasteiger partial charge in [-0.2, -0.15) is 5.10 Å². The van der Waals surface area contributed by atoms with E-state index in [-0.39, 0.29) is 41.5 Å². The van der Waals surface area contributed by atoms with E-state index in [9.17, 15) is 14.0 Å².